The molecule has 0 aliphatic carbocycles. The fraction of sp³-hybridized carbons (Fsp3) is 0.375. The van der Waals surface area contributed by atoms with Gasteiger partial charge < -0.3 is 20.1 Å². The standard InChI is InChI=1S/C24H25F3N6O/c25-24(26,27)17-3-4-21(29-14-17)32-12-7-18(8-13-32)31-23(34)33-10-5-16(6-11-33)20-15-30-22-19(20)2-1-9-28-22/h1-5,9,14-15,18H,6-8,10-13H2,(H,28,30)(H,31,34). The lowest BCUT2D eigenvalue weighted by Crippen LogP contribution is -2.50. The molecule has 5 rings (SSSR count). The highest BCUT2D eigenvalue weighted by molar-refractivity contribution is 5.91. The Hall–Kier alpha value is -3.56. The van der Waals surface area contributed by atoms with Crippen LogP contribution in [0.2, 0.25) is 0 Å². The van der Waals surface area contributed by atoms with Crippen LogP contribution in [0.15, 0.2) is 48.9 Å². The summed E-state index contributed by atoms with van der Waals surface area (Å²) in [6.07, 6.45) is 4.50. The molecule has 2 aliphatic heterocycles. The van der Waals surface area contributed by atoms with E-state index in [2.05, 4.69) is 26.3 Å². The third kappa shape index (κ3) is 4.57. The predicted molar refractivity (Wildman–Crippen MR) is 123 cm³/mol. The van der Waals surface area contributed by atoms with Gasteiger partial charge in [-0.15, -0.1) is 0 Å². The largest absolute Gasteiger partial charge is 0.417 e. The molecule has 3 aromatic heterocycles. The average molecular weight is 470 g/mol. The SMILES string of the molecule is O=C(NC1CCN(c2ccc(C(F)(F)F)cn2)CC1)N1CC=C(c2c[nH]c3ncccc23)CC1. The molecule has 1 fully saturated rings. The number of nitrogens with zero attached hydrogens (tertiary/aromatic N) is 4. The summed E-state index contributed by atoms with van der Waals surface area (Å²) in [5.41, 5.74) is 2.45. The van der Waals surface area contributed by atoms with Crippen molar-refractivity contribution >= 4 is 28.5 Å². The molecule has 0 bridgehead atoms. The van der Waals surface area contributed by atoms with E-state index in [9.17, 15) is 18.0 Å². The van der Waals surface area contributed by atoms with Gasteiger partial charge in [-0.2, -0.15) is 13.2 Å². The minimum absolute atomic E-state index is 0.0308. The molecule has 178 valence electrons. The number of nitrogens with one attached hydrogen (secondary N) is 2. The van der Waals surface area contributed by atoms with Gasteiger partial charge in [-0.05, 0) is 49.1 Å². The van der Waals surface area contributed by atoms with Crippen LogP contribution in [0.25, 0.3) is 16.6 Å². The molecule has 2 amide bonds. The molecule has 0 aromatic carbocycles. The number of aromatic amines is 1. The Morgan fingerprint density at radius 2 is 1.94 bits per heavy atom. The van der Waals surface area contributed by atoms with Crippen LogP contribution >= 0.6 is 0 Å². The number of piperidine rings is 1. The van der Waals surface area contributed by atoms with Crippen LogP contribution in [0.1, 0.15) is 30.4 Å². The summed E-state index contributed by atoms with van der Waals surface area (Å²) in [7, 11) is 0. The summed E-state index contributed by atoms with van der Waals surface area (Å²) in [5.74, 6) is 0.527. The van der Waals surface area contributed by atoms with Crippen LogP contribution in [0.5, 0.6) is 0 Å². The molecular formula is C24H25F3N6O. The van der Waals surface area contributed by atoms with Gasteiger partial charge in [-0.25, -0.2) is 14.8 Å². The zero-order chi connectivity index (χ0) is 23.7. The maximum absolute atomic E-state index is 12.8. The summed E-state index contributed by atoms with van der Waals surface area (Å²) in [6, 6.07) is 6.37. The van der Waals surface area contributed by atoms with Crippen molar-refractivity contribution in [2.45, 2.75) is 31.5 Å². The maximum atomic E-state index is 12.8. The lowest BCUT2D eigenvalue weighted by molar-refractivity contribution is -0.137. The number of H-pyrrole nitrogens is 1. The van der Waals surface area contributed by atoms with Crippen molar-refractivity contribution in [2.75, 3.05) is 31.1 Å². The van der Waals surface area contributed by atoms with Gasteiger partial charge in [0.25, 0.3) is 0 Å². The Morgan fingerprint density at radius 3 is 2.62 bits per heavy atom. The van der Waals surface area contributed by atoms with Crippen molar-refractivity contribution in [2.24, 2.45) is 0 Å². The maximum Gasteiger partial charge on any atom is 0.417 e. The summed E-state index contributed by atoms with van der Waals surface area (Å²) in [5, 5.41) is 4.20. The molecular weight excluding hydrogens is 445 g/mol. The first-order chi connectivity index (χ1) is 16.4. The molecule has 34 heavy (non-hydrogen) atoms. The Bertz CT molecular complexity index is 1200. The normalized spacial score (nSPS) is 17.7. The first-order valence-corrected chi connectivity index (χ1v) is 11.3. The number of carbonyl (C=O) groups is 1. The fourth-order valence-electron chi connectivity index (χ4n) is 4.58. The van der Waals surface area contributed by atoms with Crippen LogP contribution < -0.4 is 10.2 Å². The van der Waals surface area contributed by atoms with Crippen molar-refractivity contribution in [3.8, 4) is 0 Å². The van der Waals surface area contributed by atoms with E-state index in [4.69, 9.17) is 0 Å². The second-order valence-corrected chi connectivity index (χ2v) is 8.64. The van der Waals surface area contributed by atoms with E-state index in [1.165, 1.54) is 11.6 Å². The fourth-order valence-corrected chi connectivity index (χ4v) is 4.58. The number of hydrogen-bond acceptors (Lipinski definition) is 4. The smallest absolute Gasteiger partial charge is 0.356 e. The number of amides is 2. The molecule has 0 atom stereocenters. The summed E-state index contributed by atoms with van der Waals surface area (Å²) >= 11 is 0. The highest BCUT2D eigenvalue weighted by Crippen LogP contribution is 2.30. The molecule has 2 aliphatic rings. The topological polar surface area (TPSA) is 77.2 Å². The van der Waals surface area contributed by atoms with Crippen molar-refractivity contribution in [1.82, 2.24) is 25.2 Å². The molecule has 5 heterocycles. The van der Waals surface area contributed by atoms with E-state index < -0.39 is 11.7 Å². The predicted octanol–water partition coefficient (Wildman–Crippen LogP) is 4.44. The molecule has 7 nitrogen and oxygen atoms in total. The van der Waals surface area contributed by atoms with Crippen molar-refractivity contribution in [1.29, 1.82) is 0 Å². The number of carbonyl (C=O) groups excluding carboxylic acids is 1. The third-order valence-corrected chi connectivity index (χ3v) is 6.52. The number of hydrogen-bond donors (Lipinski definition) is 2. The number of alkyl halides is 3. The van der Waals surface area contributed by atoms with Gasteiger partial charge >= 0.3 is 12.2 Å². The Morgan fingerprint density at radius 1 is 1.12 bits per heavy atom. The minimum atomic E-state index is -4.39. The van der Waals surface area contributed by atoms with Crippen LogP contribution in [-0.2, 0) is 6.18 Å². The van der Waals surface area contributed by atoms with Gasteiger partial charge in [0.2, 0.25) is 0 Å². The van der Waals surface area contributed by atoms with E-state index in [1.54, 1.807) is 11.1 Å². The number of pyridine rings is 2. The Kier molecular flexibility index (Phi) is 5.89. The summed E-state index contributed by atoms with van der Waals surface area (Å²) in [6.45, 7) is 2.44. The number of halogens is 3. The molecule has 2 N–H and O–H groups in total. The molecule has 1 saturated heterocycles. The van der Waals surface area contributed by atoms with Gasteiger partial charge in [0.15, 0.2) is 0 Å². The highest BCUT2D eigenvalue weighted by Gasteiger charge is 2.31. The monoisotopic (exact) mass is 470 g/mol. The lowest BCUT2D eigenvalue weighted by atomic mass is 9.99. The van der Waals surface area contributed by atoms with E-state index in [1.807, 2.05) is 23.2 Å². The second-order valence-electron chi connectivity index (χ2n) is 8.64. The van der Waals surface area contributed by atoms with E-state index in [0.717, 1.165) is 35.3 Å². The van der Waals surface area contributed by atoms with E-state index in [0.29, 0.717) is 44.8 Å². The van der Waals surface area contributed by atoms with Gasteiger partial charge in [-0.3, -0.25) is 0 Å². The molecule has 0 unspecified atom stereocenters. The van der Waals surface area contributed by atoms with Gasteiger partial charge in [-0.1, -0.05) is 6.08 Å². The van der Waals surface area contributed by atoms with Crippen molar-refractivity contribution in [3.05, 3.63) is 60.1 Å². The van der Waals surface area contributed by atoms with E-state index in [-0.39, 0.29) is 12.1 Å². The minimum Gasteiger partial charge on any atom is -0.356 e. The zero-order valence-corrected chi connectivity index (χ0v) is 18.5. The first-order valence-electron chi connectivity index (χ1n) is 11.3. The van der Waals surface area contributed by atoms with Crippen LogP contribution in [0, 0.1) is 0 Å². The van der Waals surface area contributed by atoms with Gasteiger partial charge in [0.05, 0.1) is 5.56 Å². The van der Waals surface area contributed by atoms with E-state index >= 15 is 0 Å². The average Bonchev–Trinajstić information content (AvgIpc) is 3.28. The quantitative estimate of drug-likeness (QED) is 0.593. The van der Waals surface area contributed by atoms with Crippen LogP contribution in [0.3, 0.4) is 0 Å². The number of rotatable bonds is 3. The lowest BCUT2D eigenvalue weighted by Gasteiger charge is -2.35. The molecule has 3 aromatic rings. The van der Waals surface area contributed by atoms with Gasteiger partial charge in [0, 0.05) is 61.8 Å². The van der Waals surface area contributed by atoms with Crippen molar-refractivity contribution in [3.63, 3.8) is 0 Å². The van der Waals surface area contributed by atoms with Crippen molar-refractivity contribution < 1.29 is 18.0 Å². The number of urea groups is 1. The zero-order valence-electron chi connectivity index (χ0n) is 18.5. The molecule has 0 spiro atoms. The van der Waals surface area contributed by atoms with Crippen LogP contribution in [0.4, 0.5) is 23.8 Å². The first kappa shape index (κ1) is 22.2. The number of anilines is 1. The van der Waals surface area contributed by atoms with Gasteiger partial charge in [0.1, 0.15) is 11.5 Å². The second kappa shape index (κ2) is 9.00. The molecule has 10 heteroatoms. The Labute approximate surface area is 194 Å². The third-order valence-electron chi connectivity index (χ3n) is 6.52. The molecule has 0 radical (unpaired) electrons. The highest BCUT2D eigenvalue weighted by atomic mass is 19.4. The Balaban J connectivity index is 1.13. The van der Waals surface area contributed by atoms with Crippen LogP contribution in [-0.4, -0.2) is 58.1 Å². The molecule has 0 saturated carbocycles. The number of fused-ring (bicyclic) bond motifs is 1. The summed E-state index contributed by atoms with van der Waals surface area (Å²) < 4.78 is 38.2. The summed E-state index contributed by atoms with van der Waals surface area (Å²) in [4.78, 5) is 28.1. The number of aromatic nitrogens is 3.